The molecule has 57 heavy (non-hydrogen) atoms. The van der Waals surface area contributed by atoms with Crippen molar-refractivity contribution in [1.82, 2.24) is 44.2 Å². The van der Waals surface area contributed by atoms with Gasteiger partial charge in [0.05, 0.1) is 23.6 Å². The molecule has 2 amide bonds. The second kappa shape index (κ2) is 15.2. The highest BCUT2D eigenvalue weighted by Crippen LogP contribution is 2.37. The smallest absolute Gasteiger partial charge is 0.245 e. The molecule has 0 saturated carbocycles. The molecule has 15 heteroatoms. The third kappa shape index (κ3) is 7.04. The lowest BCUT2D eigenvalue weighted by molar-refractivity contribution is -0.133. The lowest BCUT2D eigenvalue weighted by Crippen LogP contribution is -2.49. The molecule has 294 valence electrons. The van der Waals surface area contributed by atoms with Crippen LogP contribution in [0.2, 0.25) is 0 Å². The van der Waals surface area contributed by atoms with Crippen molar-refractivity contribution in [2.45, 2.75) is 44.8 Å². The van der Waals surface area contributed by atoms with Crippen LogP contribution in [0.25, 0.3) is 38.8 Å². The Bertz CT molecular complexity index is 2480. The number of ether oxygens (including phenoxy) is 1. The Hall–Kier alpha value is -5.96. The highest BCUT2D eigenvalue weighted by atomic mass is 19.1. The number of fused-ring (bicyclic) bond motifs is 6. The van der Waals surface area contributed by atoms with E-state index >= 15 is 4.79 Å². The summed E-state index contributed by atoms with van der Waals surface area (Å²) in [4.78, 5) is 44.3. The predicted molar refractivity (Wildman–Crippen MR) is 211 cm³/mol. The third-order valence-electron chi connectivity index (χ3n) is 11.6. The Labute approximate surface area is 328 Å². The molecule has 2 atom stereocenters. The number of carbonyl (C=O) groups excluding carboxylic acids is 2. The van der Waals surface area contributed by atoms with E-state index in [2.05, 4.69) is 33.2 Å². The van der Waals surface area contributed by atoms with Crippen LogP contribution in [0.5, 0.6) is 5.75 Å². The molecule has 0 N–H and O–H groups in total. The van der Waals surface area contributed by atoms with Gasteiger partial charge in [-0.3, -0.25) is 19.2 Å². The van der Waals surface area contributed by atoms with Crippen molar-refractivity contribution < 1.29 is 23.1 Å². The Balaban J connectivity index is 1.07. The largest absolute Gasteiger partial charge is 0.488 e. The van der Waals surface area contributed by atoms with Crippen LogP contribution in [0.4, 0.5) is 14.6 Å². The molecule has 6 aromatic rings. The maximum atomic E-state index is 15.1. The lowest BCUT2D eigenvalue weighted by atomic mass is 9.98. The van der Waals surface area contributed by atoms with E-state index in [4.69, 9.17) is 14.8 Å². The quantitative estimate of drug-likeness (QED) is 0.231. The first-order valence-electron chi connectivity index (χ1n) is 19.6. The van der Waals surface area contributed by atoms with Crippen molar-refractivity contribution in [2.24, 2.45) is 7.05 Å². The summed E-state index contributed by atoms with van der Waals surface area (Å²) in [5.41, 5.74) is 4.52. The van der Waals surface area contributed by atoms with Crippen LogP contribution in [0.15, 0.2) is 73.2 Å². The summed E-state index contributed by atoms with van der Waals surface area (Å²) in [5.74, 6) is -0.210. The fourth-order valence-electron chi connectivity index (χ4n) is 8.76. The number of rotatable bonds is 6. The lowest BCUT2D eigenvalue weighted by Gasteiger charge is -2.35. The minimum absolute atomic E-state index is 0.0228. The normalized spacial score (nSPS) is 19.2. The number of benzene rings is 3. The number of aromatic nitrogens is 6. The Morgan fingerprint density at radius 1 is 0.965 bits per heavy atom. The zero-order chi connectivity index (χ0) is 39.2. The van der Waals surface area contributed by atoms with E-state index in [9.17, 15) is 13.6 Å². The van der Waals surface area contributed by atoms with E-state index in [1.165, 1.54) is 23.1 Å². The third-order valence-corrected chi connectivity index (χ3v) is 11.6. The van der Waals surface area contributed by atoms with E-state index in [-0.39, 0.29) is 23.6 Å². The van der Waals surface area contributed by atoms with Gasteiger partial charge in [0.1, 0.15) is 41.5 Å². The molecule has 4 bridgehead atoms. The van der Waals surface area contributed by atoms with E-state index in [0.717, 1.165) is 72.7 Å². The second-order valence-electron chi connectivity index (χ2n) is 15.2. The van der Waals surface area contributed by atoms with Gasteiger partial charge in [0.15, 0.2) is 11.5 Å². The summed E-state index contributed by atoms with van der Waals surface area (Å²) in [6.07, 6.45) is 5.23. The zero-order valence-electron chi connectivity index (χ0n) is 32.0. The molecule has 2 saturated heterocycles. The number of amides is 2. The van der Waals surface area contributed by atoms with E-state index < -0.39 is 17.7 Å². The topological polar surface area (TPSA) is 118 Å². The molecule has 2 fully saturated rings. The molecule has 3 aromatic heterocycles. The van der Waals surface area contributed by atoms with Gasteiger partial charge in [-0.1, -0.05) is 24.3 Å². The molecular weight excluding hydrogens is 731 g/mol. The van der Waals surface area contributed by atoms with Crippen molar-refractivity contribution in [3.8, 4) is 22.6 Å². The first kappa shape index (κ1) is 36.7. The van der Waals surface area contributed by atoms with Crippen molar-refractivity contribution in [3.63, 3.8) is 0 Å². The number of nitrogens with zero attached hydrogens (tertiary/aromatic N) is 10. The van der Waals surface area contributed by atoms with Crippen LogP contribution < -0.4 is 9.64 Å². The molecular formula is C42H44F2N10O3. The van der Waals surface area contributed by atoms with Gasteiger partial charge < -0.3 is 19.4 Å². The number of carbonyl (C=O) groups is 2. The first-order valence-corrected chi connectivity index (χ1v) is 19.6. The monoisotopic (exact) mass is 774 g/mol. The van der Waals surface area contributed by atoms with Gasteiger partial charge in [0.2, 0.25) is 11.8 Å². The molecule has 3 aliphatic heterocycles. The highest BCUT2D eigenvalue weighted by molar-refractivity contribution is 5.97. The molecule has 0 unspecified atom stereocenters. The van der Waals surface area contributed by atoms with Crippen LogP contribution in [0, 0.1) is 11.6 Å². The molecule has 6 heterocycles. The van der Waals surface area contributed by atoms with E-state index in [1.807, 2.05) is 50.7 Å². The minimum atomic E-state index is -0.774. The number of anilines is 1. The maximum absolute atomic E-state index is 15.1. The summed E-state index contributed by atoms with van der Waals surface area (Å²) in [6.45, 7) is 6.90. The van der Waals surface area contributed by atoms with Crippen LogP contribution in [-0.4, -0.2) is 121 Å². The van der Waals surface area contributed by atoms with Crippen molar-refractivity contribution in [1.29, 1.82) is 0 Å². The molecule has 0 spiro atoms. The Kier molecular flexibility index (Phi) is 9.76. The zero-order valence-corrected chi connectivity index (χ0v) is 32.0. The van der Waals surface area contributed by atoms with Crippen LogP contribution in [-0.2, 0) is 23.1 Å². The molecule has 9 rings (SSSR count). The van der Waals surface area contributed by atoms with Crippen LogP contribution in [0.3, 0.4) is 0 Å². The van der Waals surface area contributed by atoms with Gasteiger partial charge in [0, 0.05) is 76.8 Å². The molecule has 3 aromatic carbocycles. The summed E-state index contributed by atoms with van der Waals surface area (Å²) in [5, 5.41) is 10.9. The van der Waals surface area contributed by atoms with E-state index in [1.54, 1.807) is 13.1 Å². The van der Waals surface area contributed by atoms with Gasteiger partial charge in [-0.25, -0.2) is 23.4 Å². The van der Waals surface area contributed by atoms with Crippen molar-refractivity contribution in [3.05, 3.63) is 90.5 Å². The molecule has 0 radical (unpaired) electrons. The fraction of sp³-hybridized carbons (Fsp3) is 0.381. The van der Waals surface area contributed by atoms with Crippen LogP contribution >= 0.6 is 0 Å². The number of hydrogen-bond donors (Lipinski definition) is 0. The van der Waals surface area contributed by atoms with Gasteiger partial charge in [0.25, 0.3) is 0 Å². The van der Waals surface area contributed by atoms with Crippen LogP contribution in [0.1, 0.15) is 31.9 Å². The maximum Gasteiger partial charge on any atom is 0.245 e. The van der Waals surface area contributed by atoms with Gasteiger partial charge >= 0.3 is 0 Å². The number of halogens is 2. The average Bonchev–Trinajstić information content (AvgIpc) is 3.92. The number of piperazine rings is 1. The van der Waals surface area contributed by atoms with Crippen molar-refractivity contribution in [2.75, 3.05) is 57.3 Å². The summed E-state index contributed by atoms with van der Waals surface area (Å²) >= 11 is 0. The summed E-state index contributed by atoms with van der Waals surface area (Å²) < 4.78 is 38.8. The molecule has 13 nitrogen and oxygen atoms in total. The van der Waals surface area contributed by atoms with Gasteiger partial charge in [-0.2, -0.15) is 10.2 Å². The van der Waals surface area contributed by atoms with Crippen molar-refractivity contribution >= 4 is 39.6 Å². The Morgan fingerprint density at radius 2 is 1.81 bits per heavy atom. The number of aryl methyl sites for hydroxylation is 2. The first-order chi connectivity index (χ1) is 27.7. The molecule has 3 aliphatic rings. The summed E-state index contributed by atoms with van der Waals surface area (Å²) in [6, 6.07) is 17.0. The standard InChI is InChI=1S/C42H44F2N10O3/c1-27(55)51-19-17-50(18-20-51)14-6-16-52-15-5-11-37-39-32(9-4-10-35(39)48-49(37)2)28-7-3-8-30(21-28)57-31-23-38(42(52)56)53(25-31)40-33-24-47-54(41(33)46-26-45-40)36-13-12-29(43)22-34(36)44/h3-4,7-10,12-13,21-22,24,26,31,38H,5-6,11,14-20,23,25H2,1-2H3/t31-,38-/m0/s1. The summed E-state index contributed by atoms with van der Waals surface area (Å²) in [7, 11) is 1.98. The number of hydrogen-bond acceptors (Lipinski definition) is 9. The SMILES string of the molecule is CC(=O)N1CCN(CCCN2CCCc3c4c(cccc4nn3C)-c3cccc(c3)O[C@H]3C[C@@H](C2=O)N(c2ncnc4c2cnn4-c2ccc(F)cc2F)C3)CC1. The molecule has 0 aliphatic carbocycles. The van der Waals surface area contributed by atoms with Gasteiger partial charge in [-0.05, 0) is 67.3 Å². The Morgan fingerprint density at radius 3 is 2.63 bits per heavy atom. The van der Waals surface area contributed by atoms with E-state index in [0.29, 0.717) is 61.7 Å². The predicted octanol–water partition coefficient (Wildman–Crippen LogP) is 5.00. The highest BCUT2D eigenvalue weighted by Gasteiger charge is 2.42. The fourth-order valence-corrected chi connectivity index (χ4v) is 8.76. The minimum Gasteiger partial charge on any atom is -0.488 e. The second-order valence-corrected chi connectivity index (χ2v) is 15.2. The average molecular weight is 775 g/mol. The van der Waals surface area contributed by atoms with Gasteiger partial charge in [-0.15, -0.1) is 0 Å².